The molecule has 1 aromatic heterocycles. The van der Waals surface area contributed by atoms with Gasteiger partial charge in [-0.15, -0.1) is 0 Å². The van der Waals surface area contributed by atoms with Crippen LogP contribution in [0.15, 0.2) is 34.0 Å². The second-order valence-corrected chi connectivity index (χ2v) is 5.88. The first-order chi connectivity index (χ1) is 8.42. The number of hydrogen-bond acceptors (Lipinski definition) is 6. The third-order valence-electron chi connectivity index (χ3n) is 2.21. The van der Waals surface area contributed by atoms with Crippen molar-refractivity contribution in [2.24, 2.45) is 5.16 Å². The second kappa shape index (κ2) is 5.54. The summed E-state index contributed by atoms with van der Waals surface area (Å²) in [4.78, 5) is 0. The van der Waals surface area contributed by atoms with Gasteiger partial charge in [0, 0.05) is 5.87 Å². The molecule has 0 saturated heterocycles. The topological polar surface area (TPSA) is 92.7 Å². The Morgan fingerprint density at radius 3 is 2.89 bits per heavy atom. The molecule has 0 aliphatic carbocycles. The number of nitrogens with zero attached hydrogens (tertiary/aromatic N) is 2. The lowest BCUT2D eigenvalue weighted by Crippen LogP contribution is -2.29. The van der Waals surface area contributed by atoms with Gasteiger partial charge in [-0.2, -0.15) is 13.7 Å². The summed E-state index contributed by atoms with van der Waals surface area (Å²) < 4.78 is 31.9. The van der Waals surface area contributed by atoms with E-state index in [9.17, 15) is 8.42 Å². The van der Waals surface area contributed by atoms with E-state index in [2.05, 4.69) is 15.3 Å². The summed E-state index contributed by atoms with van der Waals surface area (Å²) in [5.74, 6) is 2.45. The minimum absolute atomic E-state index is 0.0779. The van der Waals surface area contributed by atoms with Gasteiger partial charge in [0.1, 0.15) is 5.76 Å². The van der Waals surface area contributed by atoms with Gasteiger partial charge in [0.2, 0.25) is 0 Å². The van der Waals surface area contributed by atoms with Crippen LogP contribution in [-0.2, 0) is 19.1 Å². The minimum atomic E-state index is -4.00. The molecule has 0 atom stereocenters. The van der Waals surface area contributed by atoms with Gasteiger partial charge >= 0.3 is 10.1 Å². The van der Waals surface area contributed by atoms with Crippen LogP contribution in [0.2, 0.25) is 0 Å². The summed E-state index contributed by atoms with van der Waals surface area (Å²) in [6.07, 6.45) is 2.71. The lowest BCUT2D eigenvalue weighted by Gasteiger charge is -2.18. The van der Waals surface area contributed by atoms with E-state index in [1.165, 1.54) is 32.3 Å². The number of rotatable bonds is 5. The largest absolute Gasteiger partial charge is 0.468 e. The molecular weight excluding hydrogens is 256 g/mol. The number of hydrogen-bond donors (Lipinski definition) is 0. The molecule has 1 heterocycles. The van der Waals surface area contributed by atoms with E-state index in [0.29, 0.717) is 0 Å². The SMILES string of the molecule is CC(C)(c1ccco1)S(=O)(=O)ON=C=CCC#N. The van der Waals surface area contributed by atoms with Crippen LogP contribution in [0.4, 0.5) is 0 Å². The fraction of sp³-hybridized carbons (Fsp3) is 0.364. The zero-order valence-electron chi connectivity index (χ0n) is 9.95. The van der Waals surface area contributed by atoms with E-state index in [4.69, 9.17) is 9.68 Å². The molecule has 0 saturated carbocycles. The van der Waals surface area contributed by atoms with Crippen LogP contribution in [0.25, 0.3) is 0 Å². The molecule has 18 heavy (non-hydrogen) atoms. The predicted octanol–water partition coefficient (Wildman–Crippen LogP) is 1.92. The molecule has 0 N–H and O–H groups in total. The van der Waals surface area contributed by atoms with E-state index < -0.39 is 14.9 Å². The van der Waals surface area contributed by atoms with Crippen LogP contribution in [0.5, 0.6) is 0 Å². The van der Waals surface area contributed by atoms with Gasteiger partial charge in [-0.3, -0.25) is 4.28 Å². The molecule has 6 nitrogen and oxygen atoms in total. The maximum atomic E-state index is 11.9. The maximum absolute atomic E-state index is 11.9. The monoisotopic (exact) mass is 268 g/mol. The highest BCUT2D eigenvalue weighted by Crippen LogP contribution is 2.31. The quantitative estimate of drug-likeness (QED) is 0.600. The van der Waals surface area contributed by atoms with E-state index in [1.54, 1.807) is 6.07 Å². The average Bonchev–Trinajstić information content (AvgIpc) is 2.82. The number of furan rings is 1. The molecule has 7 heteroatoms. The summed E-state index contributed by atoms with van der Waals surface area (Å²) in [6.45, 7) is 2.88. The van der Waals surface area contributed by atoms with Crippen molar-refractivity contribution < 1.29 is 17.1 Å². The predicted molar refractivity (Wildman–Crippen MR) is 64.0 cm³/mol. The van der Waals surface area contributed by atoms with E-state index >= 15 is 0 Å². The van der Waals surface area contributed by atoms with Gasteiger partial charge in [-0.25, -0.2) is 0 Å². The van der Waals surface area contributed by atoms with Gasteiger partial charge < -0.3 is 4.42 Å². The molecule has 0 unspecified atom stereocenters. The summed E-state index contributed by atoms with van der Waals surface area (Å²) in [7, 11) is -4.00. The molecule has 0 aromatic carbocycles. The summed E-state index contributed by atoms with van der Waals surface area (Å²) in [5, 5.41) is 11.4. The fourth-order valence-corrected chi connectivity index (χ4v) is 1.73. The van der Waals surface area contributed by atoms with Gasteiger partial charge in [-0.05, 0) is 37.2 Å². The molecule has 0 aliphatic rings. The van der Waals surface area contributed by atoms with Crippen LogP contribution >= 0.6 is 0 Å². The van der Waals surface area contributed by atoms with E-state index in [-0.39, 0.29) is 12.2 Å². The Bertz CT molecular complexity index is 587. The normalized spacial score (nSPS) is 11.2. The molecule has 0 radical (unpaired) electrons. The molecule has 96 valence electrons. The summed E-state index contributed by atoms with van der Waals surface area (Å²) in [5.41, 5.74) is 0. The van der Waals surface area contributed by atoms with Crippen LogP contribution in [0.3, 0.4) is 0 Å². The number of nitriles is 1. The highest BCUT2D eigenvalue weighted by Gasteiger charge is 2.41. The molecule has 1 rings (SSSR count). The van der Waals surface area contributed by atoms with Crippen LogP contribution in [0.1, 0.15) is 26.0 Å². The molecule has 0 amide bonds. The minimum Gasteiger partial charge on any atom is -0.468 e. The first-order valence-corrected chi connectivity index (χ1v) is 6.44. The van der Waals surface area contributed by atoms with Crippen molar-refractivity contribution in [1.82, 2.24) is 0 Å². The lowest BCUT2D eigenvalue weighted by molar-refractivity contribution is 0.312. The van der Waals surface area contributed by atoms with E-state index in [0.717, 1.165) is 0 Å². The van der Waals surface area contributed by atoms with Crippen molar-refractivity contribution in [3.63, 3.8) is 0 Å². The van der Waals surface area contributed by atoms with Gasteiger partial charge in [0.05, 0.1) is 18.8 Å². The molecule has 0 bridgehead atoms. The summed E-state index contributed by atoms with van der Waals surface area (Å²) in [6, 6.07) is 4.94. The Hall–Kier alpha value is -2.03. The highest BCUT2D eigenvalue weighted by molar-refractivity contribution is 7.87. The zero-order valence-corrected chi connectivity index (χ0v) is 10.8. The van der Waals surface area contributed by atoms with Gasteiger partial charge in [-0.1, -0.05) is 0 Å². The standard InChI is InChI=1S/C11H12N2O4S/c1-11(2,10-6-5-9-16-10)18(14,15)17-13-8-4-3-7-12/h4-6,9H,3H2,1-2H3. The van der Waals surface area contributed by atoms with Crippen molar-refractivity contribution in [3.05, 3.63) is 30.2 Å². The molecule has 1 aromatic rings. The second-order valence-electron chi connectivity index (χ2n) is 3.80. The zero-order chi connectivity index (χ0) is 13.6. The Morgan fingerprint density at radius 1 is 1.61 bits per heavy atom. The van der Waals surface area contributed by atoms with Crippen molar-refractivity contribution in [1.29, 1.82) is 5.26 Å². The Labute approximate surface area is 105 Å². The third-order valence-corrected chi connectivity index (χ3v) is 3.93. The van der Waals surface area contributed by atoms with E-state index in [1.807, 2.05) is 6.07 Å². The van der Waals surface area contributed by atoms with Crippen molar-refractivity contribution >= 4 is 16.0 Å². The first-order valence-electron chi connectivity index (χ1n) is 5.03. The van der Waals surface area contributed by atoms with Crippen LogP contribution in [-0.4, -0.2) is 14.3 Å². The molecular formula is C11H12N2O4S. The van der Waals surface area contributed by atoms with Crippen molar-refractivity contribution in [2.75, 3.05) is 0 Å². The number of allylic oxidation sites excluding steroid dienone is 1. The summed E-state index contributed by atoms with van der Waals surface area (Å²) >= 11 is 0. The Kier molecular flexibility index (Phi) is 4.32. The average molecular weight is 268 g/mol. The third kappa shape index (κ3) is 3.00. The van der Waals surface area contributed by atoms with Crippen molar-refractivity contribution in [2.45, 2.75) is 25.0 Å². The maximum Gasteiger partial charge on any atom is 0.341 e. The Balaban J connectivity index is 2.88. The highest BCUT2D eigenvalue weighted by atomic mass is 32.2. The van der Waals surface area contributed by atoms with Crippen LogP contribution in [0, 0.1) is 11.3 Å². The molecule has 0 aliphatic heterocycles. The van der Waals surface area contributed by atoms with Gasteiger partial charge in [0.25, 0.3) is 0 Å². The first kappa shape index (κ1) is 14.0. The molecule has 0 spiro atoms. The Morgan fingerprint density at radius 2 is 2.33 bits per heavy atom. The molecule has 0 fully saturated rings. The smallest absolute Gasteiger partial charge is 0.341 e. The van der Waals surface area contributed by atoms with Crippen molar-refractivity contribution in [3.8, 4) is 6.07 Å². The fourth-order valence-electron chi connectivity index (χ4n) is 1.04. The lowest BCUT2D eigenvalue weighted by atomic mass is 10.1. The van der Waals surface area contributed by atoms with Gasteiger partial charge in [0.15, 0.2) is 4.75 Å². The van der Waals surface area contributed by atoms with Crippen LogP contribution < -0.4 is 0 Å².